The number of azide groups is 1. The highest BCUT2D eigenvalue weighted by Crippen LogP contribution is 2.19. The molecular weight excluding hydrogens is 234 g/mol. The van der Waals surface area contributed by atoms with Crippen LogP contribution in [-0.2, 0) is 9.53 Å². The lowest BCUT2D eigenvalue weighted by Gasteiger charge is -2.00. The van der Waals surface area contributed by atoms with Crippen LogP contribution < -0.4 is 0 Å². The summed E-state index contributed by atoms with van der Waals surface area (Å²) in [6.07, 6.45) is 4.94. The van der Waals surface area contributed by atoms with Gasteiger partial charge in [0, 0.05) is 4.91 Å². The first kappa shape index (κ1) is 13.0. The van der Waals surface area contributed by atoms with Gasteiger partial charge in [0.05, 0.1) is 11.3 Å². The van der Waals surface area contributed by atoms with Crippen LogP contribution in [0.3, 0.4) is 0 Å². The van der Waals surface area contributed by atoms with Crippen LogP contribution in [0.25, 0.3) is 16.0 Å². The monoisotopic (exact) mass is 241 g/mol. The number of terminal acetylenes is 1. The lowest BCUT2D eigenvalue weighted by atomic mass is 10.1. The number of esters is 1. The number of carbonyl (C=O) groups is 1. The zero-order valence-electron chi connectivity index (χ0n) is 9.15. The molecule has 0 aliphatic heterocycles. The molecule has 0 radical (unpaired) electrons. The maximum Gasteiger partial charge on any atom is 0.423 e. The van der Waals surface area contributed by atoms with Crippen molar-refractivity contribution in [2.75, 3.05) is 6.61 Å². The molecule has 7 nitrogen and oxygen atoms in total. The van der Waals surface area contributed by atoms with Gasteiger partial charge in [0.15, 0.2) is 6.61 Å². The Morgan fingerprint density at radius 1 is 1.44 bits per heavy atom. The molecule has 0 fully saturated rings. The molecule has 1 aromatic carbocycles. The first-order valence-corrected chi connectivity index (χ1v) is 4.71. The SMILES string of the molecule is C#CCOC(=O)C(=[N+]=[N-])c1ccccc1N=[N+]=[N-]. The van der Waals surface area contributed by atoms with Gasteiger partial charge in [-0.3, -0.25) is 0 Å². The number of hydrogen-bond donors (Lipinski definition) is 0. The minimum absolute atomic E-state index is 0.144. The third kappa shape index (κ3) is 2.97. The third-order valence-corrected chi connectivity index (χ3v) is 1.89. The molecule has 0 amide bonds. The molecule has 7 heteroatoms. The van der Waals surface area contributed by atoms with Crippen molar-refractivity contribution in [3.05, 3.63) is 45.8 Å². The lowest BCUT2D eigenvalue weighted by Crippen LogP contribution is -2.20. The molecular formula is C11H7N5O2. The predicted octanol–water partition coefficient (Wildman–Crippen LogP) is 1.82. The molecule has 0 saturated carbocycles. The Labute approximate surface area is 102 Å². The molecule has 0 aromatic heterocycles. The van der Waals surface area contributed by atoms with Crippen LogP contribution >= 0.6 is 0 Å². The van der Waals surface area contributed by atoms with Crippen LogP contribution in [0.1, 0.15) is 5.56 Å². The molecule has 0 bridgehead atoms. The predicted molar refractivity (Wildman–Crippen MR) is 62.8 cm³/mol. The number of benzene rings is 1. The fourth-order valence-corrected chi connectivity index (χ4v) is 1.19. The molecule has 18 heavy (non-hydrogen) atoms. The minimum Gasteiger partial charge on any atom is -0.444 e. The van der Waals surface area contributed by atoms with E-state index in [1.165, 1.54) is 12.1 Å². The van der Waals surface area contributed by atoms with Crippen LogP contribution in [0.2, 0.25) is 0 Å². The van der Waals surface area contributed by atoms with Crippen molar-refractivity contribution in [2.45, 2.75) is 0 Å². The van der Waals surface area contributed by atoms with Crippen LogP contribution in [0.4, 0.5) is 5.69 Å². The highest BCUT2D eigenvalue weighted by molar-refractivity contribution is 6.41. The topological polar surface area (TPSA) is 111 Å². The molecule has 0 heterocycles. The molecule has 0 atom stereocenters. The van der Waals surface area contributed by atoms with Gasteiger partial charge >= 0.3 is 11.7 Å². The summed E-state index contributed by atoms with van der Waals surface area (Å²) in [6.45, 7) is -0.248. The standard InChI is InChI=1S/C11H7N5O2/c1-2-7-18-11(17)10(14-12)8-5-3-4-6-9(8)15-16-13/h1,3-6H,7H2. The van der Waals surface area contributed by atoms with Gasteiger partial charge in [0.25, 0.3) is 0 Å². The van der Waals surface area contributed by atoms with Gasteiger partial charge in [-0.1, -0.05) is 29.2 Å². The van der Waals surface area contributed by atoms with Gasteiger partial charge in [-0.05, 0) is 11.6 Å². The van der Waals surface area contributed by atoms with Crippen molar-refractivity contribution in [1.82, 2.24) is 0 Å². The maximum atomic E-state index is 11.5. The number of ether oxygens (including phenoxy) is 1. The van der Waals surface area contributed by atoms with E-state index in [1.54, 1.807) is 12.1 Å². The van der Waals surface area contributed by atoms with Gasteiger partial charge in [-0.2, -0.15) is 4.79 Å². The molecule has 1 rings (SSSR count). The van der Waals surface area contributed by atoms with Crippen molar-refractivity contribution < 1.29 is 14.3 Å². The van der Waals surface area contributed by atoms with Crippen molar-refractivity contribution in [3.8, 4) is 12.3 Å². The van der Waals surface area contributed by atoms with Gasteiger partial charge in [-0.15, -0.1) is 6.42 Å². The van der Waals surface area contributed by atoms with E-state index in [0.29, 0.717) is 0 Å². The molecule has 0 unspecified atom stereocenters. The van der Waals surface area contributed by atoms with Crippen molar-refractivity contribution in [1.29, 1.82) is 0 Å². The largest absolute Gasteiger partial charge is 0.444 e. The Balaban J connectivity index is 3.19. The Kier molecular flexibility index (Phi) is 4.70. The van der Waals surface area contributed by atoms with Crippen molar-refractivity contribution >= 4 is 17.4 Å². The molecule has 0 aliphatic carbocycles. The number of nitrogens with zero attached hydrogens (tertiary/aromatic N) is 5. The molecule has 0 spiro atoms. The van der Waals surface area contributed by atoms with Crippen LogP contribution in [-0.4, -0.2) is 23.1 Å². The molecule has 88 valence electrons. The Hall–Kier alpha value is -3.06. The summed E-state index contributed by atoms with van der Waals surface area (Å²) in [6, 6.07) is 6.12. The second kappa shape index (κ2) is 6.51. The zero-order chi connectivity index (χ0) is 13.4. The Morgan fingerprint density at radius 2 is 2.17 bits per heavy atom. The molecule has 0 saturated heterocycles. The van der Waals surface area contributed by atoms with E-state index < -0.39 is 5.97 Å². The first-order chi connectivity index (χ1) is 8.74. The Bertz CT molecular complexity index is 604. The number of hydrogen-bond acceptors (Lipinski definition) is 3. The summed E-state index contributed by atoms with van der Waals surface area (Å²) in [4.78, 5) is 17.0. The Morgan fingerprint density at radius 3 is 2.78 bits per heavy atom. The number of carbonyl (C=O) groups excluding carboxylic acids is 1. The van der Waals surface area contributed by atoms with Gasteiger partial charge in [0.1, 0.15) is 0 Å². The average Bonchev–Trinajstić information content (AvgIpc) is 2.39. The van der Waals surface area contributed by atoms with E-state index in [9.17, 15) is 4.79 Å². The van der Waals surface area contributed by atoms with E-state index in [-0.39, 0.29) is 23.6 Å². The van der Waals surface area contributed by atoms with E-state index >= 15 is 0 Å². The average molecular weight is 241 g/mol. The van der Waals surface area contributed by atoms with Gasteiger partial charge in [0.2, 0.25) is 0 Å². The lowest BCUT2D eigenvalue weighted by molar-refractivity contribution is -0.138. The molecule has 0 aliphatic rings. The zero-order valence-corrected chi connectivity index (χ0v) is 9.15. The first-order valence-electron chi connectivity index (χ1n) is 4.71. The summed E-state index contributed by atoms with van der Waals surface area (Å²) in [5, 5.41) is 3.38. The summed E-state index contributed by atoms with van der Waals surface area (Å²) in [5.41, 5.74) is 17.1. The van der Waals surface area contributed by atoms with Crippen molar-refractivity contribution in [2.24, 2.45) is 5.11 Å². The number of rotatable bonds is 4. The minimum atomic E-state index is -0.906. The smallest absolute Gasteiger partial charge is 0.423 e. The third-order valence-electron chi connectivity index (χ3n) is 1.89. The second-order valence-corrected chi connectivity index (χ2v) is 2.94. The van der Waals surface area contributed by atoms with Crippen molar-refractivity contribution in [3.63, 3.8) is 0 Å². The highest BCUT2D eigenvalue weighted by atomic mass is 16.5. The molecule has 0 N–H and O–H groups in total. The van der Waals surface area contributed by atoms with E-state index in [0.717, 1.165) is 0 Å². The highest BCUT2D eigenvalue weighted by Gasteiger charge is 2.26. The van der Waals surface area contributed by atoms with Crippen LogP contribution in [0.5, 0.6) is 0 Å². The maximum absolute atomic E-state index is 11.5. The fraction of sp³-hybridized carbons (Fsp3) is 0.0909. The quantitative estimate of drug-likeness (QED) is 0.200. The van der Waals surface area contributed by atoms with E-state index in [4.69, 9.17) is 17.5 Å². The van der Waals surface area contributed by atoms with Crippen LogP contribution in [0, 0.1) is 12.3 Å². The van der Waals surface area contributed by atoms with Gasteiger partial charge < -0.3 is 10.3 Å². The summed E-state index contributed by atoms with van der Waals surface area (Å²) in [5.74, 6) is 1.20. The summed E-state index contributed by atoms with van der Waals surface area (Å²) < 4.78 is 4.63. The van der Waals surface area contributed by atoms with Gasteiger partial charge in [-0.25, -0.2) is 4.79 Å². The van der Waals surface area contributed by atoms with Crippen LogP contribution in [0.15, 0.2) is 29.4 Å². The molecule has 1 aromatic rings. The second-order valence-electron chi connectivity index (χ2n) is 2.94. The van der Waals surface area contributed by atoms with E-state index in [1.807, 2.05) is 0 Å². The van der Waals surface area contributed by atoms with E-state index in [2.05, 4.69) is 25.5 Å². The normalized spacial score (nSPS) is 8.39. The summed E-state index contributed by atoms with van der Waals surface area (Å²) >= 11 is 0. The fourth-order valence-electron chi connectivity index (χ4n) is 1.19. The summed E-state index contributed by atoms with van der Waals surface area (Å²) in [7, 11) is 0.